The molecule has 1 unspecified atom stereocenters. The second-order valence-electron chi connectivity index (χ2n) is 4.98. The number of amides is 2. The van der Waals surface area contributed by atoms with Crippen LogP contribution in [0, 0.1) is 0 Å². The van der Waals surface area contributed by atoms with E-state index >= 15 is 0 Å². The van der Waals surface area contributed by atoms with Crippen molar-refractivity contribution >= 4 is 11.8 Å². The third-order valence-corrected chi connectivity index (χ3v) is 3.58. The van der Waals surface area contributed by atoms with Crippen molar-refractivity contribution in [2.75, 3.05) is 6.61 Å². The normalized spacial score (nSPS) is 25.6. The lowest BCUT2D eigenvalue weighted by atomic mass is 9.81. The van der Waals surface area contributed by atoms with Gasteiger partial charge < -0.3 is 5.11 Å². The van der Waals surface area contributed by atoms with Crippen molar-refractivity contribution in [2.24, 2.45) is 0 Å². The van der Waals surface area contributed by atoms with E-state index in [1.807, 2.05) is 30.3 Å². The average Bonchev–Trinajstić information content (AvgIpc) is 2.61. The zero-order valence-electron chi connectivity index (χ0n) is 10.6. The zero-order chi connectivity index (χ0) is 13.3. The lowest BCUT2D eigenvalue weighted by Gasteiger charge is -2.25. The molecule has 0 radical (unpaired) electrons. The fraction of sp³-hybridized carbons (Fsp3) is 0.429. The Labute approximate surface area is 106 Å². The van der Waals surface area contributed by atoms with Crippen LogP contribution in [0.3, 0.4) is 0 Å². The van der Waals surface area contributed by atoms with Crippen LogP contribution in [0.4, 0.5) is 0 Å². The number of rotatable bonds is 3. The average molecular weight is 247 g/mol. The van der Waals surface area contributed by atoms with Crippen LogP contribution in [-0.2, 0) is 15.0 Å². The molecular weight excluding hydrogens is 230 g/mol. The van der Waals surface area contributed by atoms with Gasteiger partial charge in [0.05, 0.1) is 18.1 Å². The Balaban J connectivity index is 2.38. The predicted octanol–water partition coefficient (Wildman–Crippen LogP) is 1.08. The molecule has 1 aliphatic heterocycles. The van der Waals surface area contributed by atoms with Crippen LogP contribution in [-0.4, -0.2) is 34.5 Å². The van der Waals surface area contributed by atoms with Gasteiger partial charge in [-0.25, -0.2) is 0 Å². The molecule has 4 heteroatoms. The number of nitrogens with zero attached hydrogens (tertiary/aromatic N) is 1. The summed E-state index contributed by atoms with van der Waals surface area (Å²) in [4.78, 5) is 25.6. The van der Waals surface area contributed by atoms with Crippen LogP contribution in [0.2, 0.25) is 0 Å². The van der Waals surface area contributed by atoms with E-state index in [4.69, 9.17) is 5.11 Å². The fourth-order valence-corrected chi connectivity index (χ4v) is 2.40. The molecule has 1 aromatic carbocycles. The van der Waals surface area contributed by atoms with E-state index in [0.29, 0.717) is 0 Å². The Morgan fingerprint density at radius 3 is 2.50 bits per heavy atom. The zero-order valence-corrected chi connectivity index (χ0v) is 10.6. The summed E-state index contributed by atoms with van der Waals surface area (Å²) in [5, 5.41) is 9.13. The molecule has 2 atom stereocenters. The lowest BCUT2D eigenvalue weighted by Crippen LogP contribution is -2.43. The van der Waals surface area contributed by atoms with Crippen molar-refractivity contribution in [1.82, 2.24) is 4.90 Å². The number of carbonyl (C=O) groups is 2. The number of aliphatic hydroxyl groups excluding tert-OH is 1. The monoisotopic (exact) mass is 247 g/mol. The molecule has 2 rings (SSSR count). The molecule has 0 aliphatic carbocycles. The van der Waals surface area contributed by atoms with Gasteiger partial charge in [0.1, 0.15) is 0 Å². The maximum absolute atomic E-state index is 12.4. The van der Waals surface area contributed by atoms with E-state index < -0.39 is 11.5 Å². The smallest absolute Gasteiger partial charge is 0.240 e. The van der Waals surface area contributed by atoms with Gasteiger partial charge in [0.25, 0.3) is 0 Å². The molecule has 1 heterocycles. The topological polar surface area (TPSA) is 57.6 Å². The molecule has 0 bridgehead atoms. The fourth-order valence-electron chi connectivity index (χ4n) is 2.40. The Morgan fingerprint density at radius 1 is 1.33 bits per heavy atom. The molecule has 1 fully saturated rings. The summed E-state index contributed by atoms with van der Waals surface area (Å²) in [6, 6.07) is 8.85. The van der Waals surface area contributed by atoms with E-state index in [9.17, 15) is 9.59 Å². The Bertz CT molecular complexity index is 471. The Kier molecular flexibility index (Phi) is 3.22. The third kappa shape index (κ3) is 1.82. The van der Waals surface area contributed by atoms with Gasteiger partial charge in [-0.2, -0.15) is 0 Å². The van der Waals surface area contributed by atoms with Gasteiger partial charge >= 0.3 is 0 Å². The summed E-state index contributed by atoms with van der Waals surface area (Å²) in [5.41, 5.74) is 0.0397. The van der Waals surface area contributed by atoms with Crippen LogP contribution in [0.5, 0.6) is 0 Å². The highest BCUT2D eigenvalue weighted by atomic mass is 16.3. The van der Waals surface area contributed by atoms with E-state index in [-0.39, 0.29) is 24.8 Å². The van der Waals surface area contributed by atoms with Gasteiger partial charge in [0.15, 0.2) is 0 Å². The summed E-state index contributed by atoms with van der Waals surface area (Å²) >= 11 is 0. The summed E-state index contributed by atoms with van der Waals surface area (Å²) < 4.78 is 0. The number of hydrogen-bond acceptors (Lipinski definition) is 3. The lowest BCUT2D eigenvalue weighted by molar-refractivity contribution is -0.143. The van der Waals surface area contributed by atoms with Gasteiger partial charge in [-0.05, 0) is 19.4 Å². The second kappa shape index (κ2) is 4.53. The maximum Gasteiger partial charge on any atom is 0.240 e. The first-order chi connectivity index (χ1) is 8.50. The molecule has 1 aromatic rings. The molecule has 4 nitrogen and oxygen atoms in total. The number of likely N-dealkylation sites (tertiary alicyclic amines) is 1. The molecule has 2 amide bonds. The first-order valence-corrected chi connectivity index (χ1v) is 6.03. The number of carbonyl (C=O) groups excluding carboxylic acids is 2. The number of hydrogen-bond donors (Lipinski definition) is 1. The predicted molar refractivity (Wildman–Crippen MR) is 66.8 cm³/mol. The molecule has 1 saturated heterocycles. The van der Waals surface area contributed by atoms with Crippen LogP contribution < -0.4 is 0 Å². The summed E-state index contributed by atoms with van der Waals surface area (Å²) in [7, 11) is 0. The largest absolute Gasteiger partial charge is 0.394 e. The third-order valence-electron chi connectivity index (χ3n) is 3.58. The second-order valence-corrected chi connectivity index (χ2v) is 4.98. The van der Waals surface area contributed by atoms with E-state index in [1.165, 1.54) is 4.90 Å². The molecule has 0 spiro atoms. The summed E-state index contributed by atoms with van der Waals surface area (Å²) in [5.74, 6) is -0.437. The van der Waals surface area contributed by atoms with Gasteiger partial charge in [-0.1, -0.05) is 30.3 Å². The number of benzene rings is 1. The van der Waals surface area contributed by atoms with Gasteiger partial charge in [-0.15, -0.1) is 0 Å². The molecule has 0 saturated carbocycles. The van der Waals surface area contributed by atoms with Crippen molar-refractivity contribution in [3.63, 3.8) is 0 Å². The standard InChI is InChI=1S/C14H17NO3/c1-10(9-16)15-12(17)8-14(2,13(15)18)11-6-4-3-5-7-11/h3-7,10,16H,8-9H2,1-2H3/t10-,14?/m0/s1. The highest BCUT2D eigenvalue weighted by Crippen LogP contribution is 2.36. The molecule has 1 N–H and O–H groups in total. The van der Waals surface area contributed by atoms with Gasteiger partial charge in [0, 0.05) is 6.42 Å². The minimum Gasteiger partial charge on any atom is -0.394 e. The van der Waals surface area contributed by atoms with E-state index in [1.54, 1.807) is 13.8 Å². The first-order valence-electron chi connectivity index (χ1n) is 6.03. The van der Waals surface area contributed by atoms with Crippen molar-refractivity contribution in [3.05, 3.63) is 35.9 Å². The summed E-state index contributed by atoms with van der Waals surface area (Å²) in [6.07, 6.45) is 0.167. The summed E-state index contributed by atoms with van der Waals surface area (Å²) in [6.45, 7) is 3.25. The van der Waals surface area contributed by atoms with Crippen molar-refractivity contribution in [2.45, 2.75) is 31.7 Å². The van der Waals surface area contributed by atoms with Crippen molar-refractivity contribution in [1.29, 1.82) is 0 Å². The highest BCUT2D eigenvalue weighted by Gasteiger charge is 2.50. The van der Waals surface area contributed by atoms with E-state index in [2.05, 4.69) is 0 Å². The van der Waals surface area contributed by atoms with Crippen LogP contribution in [0.15, 0.2) is 30.3 Å². The van der Waals surface area contributed by atoms with Crippen LogP contribution in [0.25, 0.3) is 0 Å². The van der Waals surface area contributed by atoms with Gasteiger partial charge in [-0.3, -0.25) is 14.5 Å². The molecular formula is C14H17NO3. The maximum atomic E-state index is 12.4. The first kappa shape index (κ1) is 12.8. The molecule has 1 aliphatic rings. The van der Waals surface area contributed by atoms with Crippen LogP contribution in [0.1, 0.15) is 25.8 Å². The molecule has 18 heavy (non-hydrogen) atoms. The Hall–Kier alpha value is -1.68. The van der Waals surface area contributed by atoms with E-state index in [0.717, 1.165) is 5.56 Å². The Morgan fingerprint density at radius 2 is 1.94 bits per heavy atom. The number of aliphatic hydroxyl groups is 1. The van der Waals surface area contributed by atoms with Crippen molar-refractivity contribution < 1.29 is 14.7 Å². The minimum atomic E-state index is -0.804. The van der Waals surface area contributed by atoms with Crippen molar-refractivity contribution in [3.8, 4) is 0 Å². The van der Waals surface area contributed by atoms with Crippen LogP contribution >= 0.6 is 0 Å². The SMILES string of the molecule is C[C@@H](CO)N1C(=O)CC(C)(c2ccccc2)C1=O. The number of imide groups is 1. The highest BCUT2D eigenvalue weighted by molar-refractivity contribution is 6.09. The minimum absolute atomic E-state index is 0.167. The molecule has 0 aromatic heterocycles. The quantitative estimate of drug-likeness (QED) is 0.813. The van der Waals surface area contributed by atoms with Gasteiger partial charge in [0.2, 0.25) is 11.8 Å². The molecule has 96 valence electrons.